The van der Waals surface area contributed by atoms with Gasteiger partial charge >= 0.3 is 18.0 Å². The number of rotatable bonds is 8. The van der Waals surface area contributed by atoms with Gasteiger partial charge in [-0.15, -0.1) is 0 Å². The van der Waals surface area contributed by atoms with Crippen molar-refractivity contribution >= 4 is 29.7 Å². The molecule has 0 aromatic carbocycles. The summed E-state index contributed by atoms with van der Waals surface area (Å²) >= 11 is 1.81. The fourth-order valence-electron chi connectivity index (χ4n) is 3.32. The zero-order valence-corrected chi connectivity index (χ0v) is 15.2. The maximum atomic E-state index is 11.8. The molecule has 2 amide bonds. The van der Waals surface area contributed by atoms with Gasteiger partial charge in [-0.05, 0) is 12.8 Å². The van der Waals surface area contributed by atoms with Crippen LogP contribution < -0.4 is 10.6 Å². The standard InChI is InChI=1S/C16H22N2O8S/c19-8(14-12(21)13(22)15(23)26-14)5-25-10(20)4-2-1-3-9-11-7(6-27-9)17-16(24)18-11/h7-9,11,14,19,21-22H,1-6H2,(H2,17,18,24)/t7-,8?,9-,11-,14?/m0/s1. The van der Waals surface area contributed by atoms with Gasteiger partial charge in [0.25, 0.3) is 0 Å². The summed E-state index contributed by atoms with van der Waals surface area (Å²) in [6.07, 6.45) is -0.457. The number of hydrogen-bond acceptors (Lipinski definition) is 9. The van der Waals surface area contributed by atoms with E-state index >= 15 is 0 Å². The number of carbonyl (C=O) groups is 3. The lowest BCUT2D eigenvalue weighted by Gasteiger charge is -2.17. The van der Waals surface area contributed by atoms with Crippen LogP contribution in [-0.2, 0) is 19.1 Å². The van der Waals surface area contributed by atoms with E-state index in [-0.39, 0.29) is 24.5 Å². The summed E-state index contributed by atoms with van der Waals surface area (Å²) < 4.78 is 9.51. The minimum Gasteiger partial charge on any atom is -0.505 e. The predicted octanol–water partition coefficient (Wildman–Crippen LogP) is -0.131. The number of aliphatic hydroxyl groups is 3. The van der Waals surface area contributed by atoms with E-state index in [2.05, 4.69) is 15.4 Å². The minimum atomic E-state index is -1.46. The van der Waals surface area contributed by atoms with E-state index in [9.17, 15) is 29.7 Å². The molecule has 0 bridgehead atoms. The monoisotopic (exact) mass is 402 g/mol. The topological polar surface area (TPSA) is 154 Å². The van der Waals surface area contributed by atoms with Gasteiger partial charge in [0.05, 0.1) is 12.1 Å². The molecule has 0 aliphatic carbocycles. The second kappa shape index (κ2) is 8.26. The van der Waals surface area contributed by atoms with Crippen LogP contribution in [-0.4, -0.2) is 75.2 Å². The highest BCUT2D eigenvalue weighted by atomic mass is 32.2. The van der Waals surface area contributed by atoms with Crippen molar-refractivity contribution in [2.75, 3.05) is 12.4 Å². The van der Waals surface area contributed by atoms with Gasteiger partial charge in [0, 0.05) is 17.4 Å². The number of ether oxygens (including phenoxy) is 2. The third-order valence-electron chi connectivity index (χ3n) is 4.76. The molecule has 5 atom stereocenters. The highest BCUT2D eigenvalue weighted by Crippen LogP contribution is 2.33. The Labute approximate surface area is 159 Å². The molecular formula is C16H22N2O8S. The van der Waals surface area contributed by atoms with E-state index in [1.54, 1.807) is 0 Å². The molecule has 0 radical (unpaired) electrons. The molecule has 5 N–H and O–H groups in total. The quantitative estimate of drug-likeness (QED) is 0.212. The van der Waals surface area contributed by atoms with Crippen LogP contribution in [0.15, 0.2) is 11.5 Å². The molecule has 2 saturated heterocycles. The first kappa shape index (κ1) is 19.6. The summed E-state index contributed by atoms with van der Waals surface area (Å²) in [5.41, 5.74) is 0. The summed E-state index contributed by atoms with van der Waals surface area (Å²) in [7, 11) is 0. The highest BCUT2D eigenvalue weighted by molar-refractivity contribution is 8.00. The molecule has 3 aliphatic heterocycles. The zero-order valence-electron chi connectivity index (χ0n) is 14.4. The largest absolute Gasteiger partial charge is 0.505 e. The van der Waals surface area contributed by atoms with E-state index in [4.69, 9.17) is 4.74 Å². The predicted molar refractivity (Wildman–Crippen MR) is 93.1 cm³/mol. The molecule has 2 unspecified atom stereocenters. The first-order valence-electron chi connectivity index (χ1n) is 8.72. The number of esters is 2. The Morgan fingerprint density at radius 3 is 2.78 bits per heavy atom. The second-order valence-electron chi connectivity index (χ2n) is 6.68. The Balaban J connectivity index is 1.30. The first-order valence-corrected chi connectivity index (χ1v) is 9.77. The number of aliphatic hydroxyl groups excluding tert-OH is 3. The van der Waals surface area contributed by atoms with Crippen LogP contribution in [0, 0.1) is 0 Å². The van der Waals surface area contributed by atoms with Gasteiger partial charge in [-0.2, -0.15) is 11.8 Å². The number of unbranched alkanes of at least 4 members (excludes halogenated alkanes) is 1. The van der Waals surface area contributed by atoms with Crippen molar-refractivity contribution in [1.82, 2.24) is 10.6 Å². The van der Waals surface area contributed by atoms with E-state index < -0.39 is 42.3 Å². The van der Waals surface area contributed by atoms with Gasteiger partial charge in [-0.1, -0.05) is 6.42 Å². The molecule has 27 heavy (non-hydrogen) atoms. The Hall–Kier alpha value is -2.14. The van der Waals surface area contributed by atoms with Crippen LogP contribution in [0.25, 0.3) is 0 Å². The van der Waals surface area contributed by atoms with Crippen molar-refractivity contribution in [1.29, 1.82) is 0 Å². The van der Waals surface area contributed by atoms with E-state index in [0.29, 0.717) is 11.7 Å². The summed E-state index contributed by atoms with van der Waals surface area (Å²) in [5.74, 6) is -2.49. The molecule has 3 heterocycles. The van der Waals surface area contributed by atoms with Crippen LogP contribution >= 0.6 is 11.8 Å². The molecule has 11 heteroatoms. The summed E-state index contributed by atoms with van der Waals surface area (Å²) in [6, 6.07) is 0.184. The Kier molecular flexibility index (Phi) is 6.00. The molecule has 10 nitrogen and oxygen atoms in total. The smallest absolute Gasteiger partial charge is 0.377 e. The maximum Gasteiger partial charge on any atom is 0.377 e. The van der Waals surface area contributed by atoms with Crippen LogP contribution in [0.3, 0.4) is 0 Å². The zero-order chi connectivity index (χ0) is 19.6. The van der Waals surface area contributed by atoms with Gasteiger partial charge in [0.1, 0.15) is 12.7 Å². The Morgan fingerprint density at radius 1 is 1.30 bits per heavy atom. The second-order valence-corrected chi connectivity index (χ2v) is 7.95. The van der Waals surface area contributed by atoms with Gasteiger partial charge in [0.2, 0.25) is 5.76 Å². The lowest BCUT2D eigenvalue weighted by Crippen LogP contribution is -2.36. The number of fused-ring (bicyclic) bond motifs is 1. The first-order chi connectivity index (χ1) is 12.9. The molecule has 150 valence electrons. The van der Waals surface area contributed by atoms with Crippen LogP contribution in [0.4, 0.5) is 4.79 Å². The van der Waals surface area contributed by atoms with Gasteiger partial charge in [-0.25, -0.2) is 9.59 Å². The van der Waals surface area contributed by atoms with Crippen molar-refractivity contribution in [2.24, 2.45) is 0 Å². The van der Waals surface area contributed by atoms with Gasteiger partial charge in [0.15, 0.2) is 11.9 Å². The van der Waals surface area contributed by atoms with E-state index in [1.165, 1.54) is 0 Å². The molecule has 0 saturated carbocycles. The van der Waals surface area contributed by atoms with Crippen LogP contribution in [0.2, 0.25) is 0 Å². The Bertz CT molecular complexity index is 654. The van der Waals surface area contributed by atoms with Crippen LogP contribution in [0.5, 0.6) is 0 Å². The summed E-state index contributed by atoms with van der Waals surface area (Å²) in [6.45, 7) is -0.464. The third-order valence-corrected chi connectivity index (χ3v) is 6.27. The number of carbonyl (C=O) groups excluding carboxylic acids is 3. The fraction of sp³-hybridized carbons (Fsp3) is 0.688. The van der Waals surface area contributed by atoms with E-state index in [1.807, 2.05) is 11.8 Å². The number of thioether (sulfide) groups is 1. The average molecular weight is 402 g/mol. The molecule has 2 fully saturated rings. The number of amides is 2. The van der Waals surface area contributed by atoms with Crippen LogP contribution in [0.1, 0.15) is 25.7 Å². The number of hydrogen-bond donors (Lipinski definition) is 5. The number of urea groups is 1. The summed E-state index contributed by atoms with van der Waals surface area (Å²) in [4.78, 5) is 34.2. The van der Waals surface area contributed by atoms with Gasteiger partial charge < -0.3 is 35.4 Å². The minimum absolute atomic E-state index is 0.125. The SMILES string of the molecule is O=C1N[C@H]2[C@H](CS[C@H]2CCCCC(=O)OCC(O)C2OC(=O)C(O)=C2O)N1. The molecule has 3 rings (SSSR count). The lowest BCUT2D eigenvalue weighted by molar-refractivity contribution is -0.154. The number of cyclic esters (lactones) is 1. The normalized spacial score (nSPS) is 30.6. The van der Waals surface area contributed by atoms with Crippen molar-refractivity contribution in [3.8, 4) is 0 Å². The lowest BCUT2D eigenvalue weighted by atomic mass is 10.0. The summed E-state index contributed by atoms with van der Waals surface area (Å²) in [5, 5.41) is 34.6. The fourth-order valence-corrected chi connectivity index (χ4v) is 4.87. The van der Waals surface area contributed by atoms with Crippen molar-refractivity contribution < 1.29 is 39.2 Å². The van der Waals surface area contributed by atoms with Gasteiger partial charge in [-0.3, -0.25) is 4.79 Å². The molecular weight excluding hydrogens is 380 g/mol. The molecule has 0 spiro atoms. The van der Waals surface area contributed by atoms with E-state index in [0.717, 1.165) is 18.6 Å². The van der Waals surface area contributed by atoms with Crippen molar-refractivity contribution in [2.45, 2.75) is 55.2 Å². The van der Waals surface area contributed by atoms with Crippen molar-refractivity contribution in [3.63, 3.8) is 0 Å². The molecule has 0 aromatic heterocycles. The maximum absolute atomic E-state index is 11.8. The highest BCUT2D eigenvalue weighted by Gasteiger charge is 2.42. The molecule has 0 aromatic rings. The number of nitrogens with one attached hydrogen (secondary N) is 2. The Morgan fingerprint density at radius 2 is 2.07 bits per heavy atom. The third kappa shape index (κ3) is 4.41. The van der Waals surface area contributed by atoms with Crippen molar-refractivity contribution in [3.05, 3.63) is 11.5 Å². The molecule has 3 aliphatic rings. The average Bonchev–Trinajstić information content (AvgIpc) is 3.26.